The molecule has 0 aromatic heterocycles. The maximum atomic E-state index is 9.27. The Morgan fingerprint density at radius 2 is 2.22 bits per heavy atom. The van der Waals surface area contributed by atoms with Crippen LogP contribution in [0.25, 0.3) is 0 Å². The molecule has 1 aliphatic heterocycles. The van der Waals surface area contributed by atoms with Gasteiger partial charge in [-0.1, -0.05) is 6.92 Å². The summed E-state index contributed by atoms with van der Waals surface area (Å²) in [5.74, 6) is 0.462. The summed E-state index contributed by atoms with van der Waals surface area (Å²) in [4.78, 5) is 2.26. The van der Waals surface area contributed by atoms with Crippen LogP contribution in [0.5, 0.6) is 0 Å². The Hall–Kier alpha value is -0.0800. The van der Waals surface area contributed by atoms with Crippen molar-refractivity contribution in [3.8, 4) is 0 Å². The molecular formula is C7H15NO. The van der Waals surface area contributed by atoms with Crippen LogP contribution in [0.3, 0.4) is 0 Å². The molecule has 0 bridgehead atoms. The Morgan fingerprint density at radius 1 is 1.56 bits per heavy atom. The molecule has 0 radical (unpaired) electrons. The van der Waals surface area contributed by atoms with Gasteiger partial charge in [0.25, 0.3) is 0 Å². The van der Waals surface area contributed by atoms with Crippen LogP contribution in [-0.2, 0) is 0 Å². The number of rotatable bonds is 0. The molecule has 1 saturated heterocycles. The Labute approximate surface area is 56.5 Å². The fourth-order valence-corrected chi connectivity index (χ4v) is 1.34. The first-order valence-corrected chi connectivity index (χ1v) is 3.57. The predicted octanol–water partition coefficient (Wildman–Crippen LogP) is 0.319. The maximum Gasteiger partial charge on any atom is 0.0590 e. The van der Waals surface area contributed by atoms with Crippen molar-refractivity contribution >= 4 is 0 Å². The molecule has 1 fully saturated rings. The SMILES string of the molecule is CC1CN(C)CCC1O. The van der Waals surface area contributed by atoms with Gasteiger partial charge in [-0.05, 0) is 19.4 Å². The van der Waals surface area contributed by atoms with E-state index in [1.807, 2.05) is 0 Å². The number of aliphatic hydroxyl groups excluding tert-OH is 1. The normalized spacial score (nSPS) is 39.0. The number of likely N-dealkylation sites (tertiary alicyclic amines) is 1. The molecule has 2 unspecified atom stereocenters. The van der Waals surface area contributed by atoms with Crippen molar-refractivity contribution in [1.82, 2.24) is 4.90 Å². The van der Waals surface area contributed by atoms with E-state index in [9.17, 15) is 5.11 Å². The van der Waals surface area contributed by atoms with E-state index in [0.717, 1.165) is 19.5 Å². The van der Waals surface area contributed by atoms with Crippen molar-refractivity contribution in [2.75, 3.05) is 20.1 Å². The molecule has 54 valence electrons. The molecule has 0 amide bonds. The molecule has 1 heterocycles. The van der Waals surface area contributed by atoms with Crippen molar-refractivity contribution in [2.24, 2.45) is 5.92 Å². The van der Waals surface area contributed by atoms with E-state index in [1.54, 1.807) is 0 Å². The summed E-state index contributed by atoms with van der Waals surface area (Å²) in [7, 11) is 2.10. The van der Waals surface area contributed by atoms with Crippen molar-refractivity contribution in [3.63, 3.8) is 0 Å². The summed E-state index contributed by atoms with van der Waals surface area (Å²) in [6.07, 6.45) is 0.888. The number of piperidine rings is 1. The zero-order valence-corrected chi connectivity index (χ0v) is 6.17. The summed E-state index contributed by atoms with van der Waals surface area (Å²) in [6.45, 7) is 4.19. The Bertz CT molecular complexity index is 94.9. The number of hydrogen-bond acceptors (Lipinski definition) is 2. The van der Waals surface area contributed by atoms with Gasteiger partial charge in [0.15, 0.2) is 0 Å². The van der Waals surface area contributed by atoms with E-state index in [-0.39, 0.29) is 6.10 Å². The lowest BCUT2D eigenvalue weighted by Gasteiger charge is -2.31. The van der Waals surface area contributed by atoms with E-state index in [2.05, 4.69) is 18.9 Å². The molecule has 2 heteroatoms. The molecule has 0 aromatic rings. The van der Waals surface area contributed by atoms with E-state index in [1.165, 1.54) is 0 Å². The lowest BCUT2D eigenvalue weighted by Crippen LogP contribution is -2.39. The van der Waals surface area contributed by atoms with Gasteiger partial charge in [-0.2, -0.15) is 0 Å². The van der Waals surface area contributed by atoms with E-state index >= 15 is 0 Å². The van der Waals surface area contributed by atoms with Crippen LogP contribution < -0.4 is 0 Å². The van der Waals surface area contributed by atoms with Crippen molar-refractivity contribution < 1.29 is 5.11 Å². The lowest BCUT2D eigenvalue weighted by atomic mass is 9.97. The minimum Gasteiger partial charge on any atom is -0.393 e. The molecule has 0 spiro atoms. The van der Waals surface area contributed by atoms with E-state index < -0.39 is 0 Å². The monoisotopic (exact) mass is 129 g/mol. The van der Waals surface area contributed by atoms with Crippen LogP contribution in [0.1, 0.15) is 13.3 Å². The minimum absolute atomic E-state index is 0.0544. The predicted molar refractivity (Wildman–Crippen MR) is 37.3 cm³/mol. The van der Waals surface area contributed by atoms with Gasteiger partial charge in [-0.25, -0.2) is 0 Å². The highest BCUT2D eigenvalue weighted by Gasteiger charge is 2.21. The fourth-order valence-electron chi connectivity index (χ4n) is 1.34. The molecule has 1 aliphatic rings. The highest BCUT2D eigenvalue weighted by molar-refractivity contribution is 4.74. The first-order valence-electron chi connectivity index (χ1n) is 3.57. The third-order valence-corrected chi connectivity index (χ3v) is 2.06. The van der Waals surface area contributed by atoms with Crippen molar-refractivity contribution in [3.05, 3.63) is 0 Å². The van der Waals surface area contributed by atoms with Crippen LogP contribution in [0.2, 0.25) is 0 Å². The standard InChI is InChI=1S/C7H15NO/c1-6-5-8(2)4-3-7(6)9/h6-7,9H,3-5H2,1-2H3. The van der Waals surface area contributed by atoms with Crippen LogP contribution in [0.4, 0.5) is 0 Å². The van der Waals surface area contributed by atoms with Crippen molar-refractivity contribution in [2.45, 2.75) is 19.4 Å². The smallest absolute Gasteiger partial charge is 0.0590 e. The first kappa shape index (κ1) is 7.03. The Balaban J connectivity index is 2.35. The molecule has 0 saturated carbocycles. The summed E-state index contributed by atoms with van der Waals surface area (Å²) in [6, 6.07) is 0. The number of aliphatic hydroxyl groups is 1. The fraction of sp³-hybridized carbons (Fsp3) is 1.00. The summed E-state index contributed by atoms with van der Waals surface area (Å²) >= 11 is 0. The molecule has 2 atom stereocenters. The zero-order chi connectivity index (χ0) is 6.85. The second-order valence-electron chi connectivity index (χ2n) is 3.10. The van der Waals surface area contributed by atoms with Crippen LogP contribution >= 0.6 is 0 Å². The highest BCUT2D eigenvalue weighted by Crippen LogP contribution is 2.14. The van der Waals surface area contributed by atoms with E-state index in [0.29, 0.717) is 5.92 Å². The van der Waals surface area contributed by atoms with Crippen LogP contribution in [0, 0.1) is 5.92 Å². The summed E-state index contributed by atoms with van der Waals surface area (Å²) in [5.41, 5.74) is 0. The largest absolute Gasteiger partial charge is 0.393 e. The third-order valence-electron chi connectivity index (χ3n) is 2.06. The molecular weight excluding hydrogens is 114 g/mol. The topological polar surface area (TPSA) is 23.5 Å². The second kappa shape index (κ2) is 2.67. The quantitative estimate of drug-likeness (QED) is 0.509. The maximum absolute atomic E-state index is 9.27. The molecule has 9 heavy (non-hydrogen) atoms. The number of nitrogens with zero attached hydrogens (tertiary/aromatic N) is 1. The van der Waals surface area contributed by atoms with E-state index in [4.69, 9.17) is 0 Å². The van der Waals surface area contributed by atoms with Gasteiger partial charge in [0, 0.05) is 13.1 Å². The number of hydrogen-bond donors (Lipinski definition) is 1. The van der Waals surface area contributed by atoms with Gasteiger partial charge in [-0.15, -0.1) is 0 Å². The van der Waals surface area contributed by atoms with Gasteiger partial charge in [0.2, 0.25) is 0 Å². The van der Waals surface area contributed by atoms with Gasteiger partial charge >= 0.3 is 0 Å². The molecule has 0 aromatic carbocycles. The van der Waals surface area contributed by atoms with Gasteiger partial charge in [-0.3, -0.25) is 0 Å². The molecule has 0 aliphatic carbocycles. The Kier molecular flexibility index (Phi) is 2.09. The Morgan fingerprint density at radius 3 is 2.67 bits per heavy atom. The first-order chi connectivity index (χ1) is 4.20. The van der Waals surface area contributed by atoms with Gasteiger partial charge < -0.3 is 10.0 Å². The molecule has 1 rings (SSSR count). The second-order valence-corrected chi connectivity index (χ2v) is 3.10. The molecule has 2 nitrogen and oxygen atoms in total. The van der Waals surface area contributed by atoms with Crippen LogP contribution in [0.15, 0.2) is 0 Å². The van der Waals surface area contributed by atoms with Crippen LogP contribution in [-0.4, -0.2) is 36.2 Å². The van der Waals surface area contributed by atoms with Crippen molar-refractivity contribution in [1.29, 1.82) is 0 Å². The third kappa shape index (κ3) is 1.66. The average molecular weight is 129 g/mol. The summed E-state index contributed by atoms with van der Waals surface area (Å²) < 4.78 is 0. The summed E-state index contributed by atoms with van der Waals surface area (Å²) in [5, 5.41) is 9.27. The lowest BCUT2D eigenvalue weighted by molar-refractivity contribution is 0.0451. The highest BCUT2D eigenvalue weighted by atomic mass is 16.3. The zero-order valence-electron chi connectivity index (χ0n) is 6.17. The molecule has 1 N–H and O–H groups in total. The minimum atomic E-state index is -0.0544. The average Bonchev–Trinajstić information content (AvgIpc) is 1.80. The van der Waals surface area contributed by atoms with Gasteiger partial charge in [0.1, 0.15) is 0 Å². The van der Waals surface area contributed by atoms with Gasteiger partial charge in [0.05, 0.1) is 6.10 Å².